The van der Waals surface area contributed by atoms with Crippen molar-refractivity contribution in [3.8, 4) is 0 Å². The minimum Gasteiger partial charge on any atom is -0.362 e. The van der Waals surface area contributed by atoms with Gasteiger partial charge in [-0.3, -0.25) is 4.90 Å². The van der Waals surface area contributed by atoms with Crippen molar-refractivity contribution in [1.29, 1.82) is 0 Å². The second-order valence-electron chi connectivity index (χ2n) is 6.44. The van der Waals surface area contributed by atoms with Crippen LogP contribution in [0.5, 0.6) is 0 Å². The Kier molecular flexibility index (Phi) is 6.52. The summed E-state index contributed by atoms with van der Waals surface area (Å²) in [7, 11) is 0. The summed E-state index contributed by atoms with van der Waals surface area (Å²) in [5.74, 6) is -1.53. The fourth-order valence-corrected chi connectivity index (χ4v) is 3.38. The lowest BCUT2D eigenvalue weighted by atomic mass is 10.1. The van der Waals surface area contributed by atoms with Gasteiger partial charge in [-0.15, -0.1) is 0 Å². The van der Waals surface area contributed by atoms with E-state index < -0.39 is 11.6 Å². The van der Waals surface area contributed by atoms with Crippen LogP contribution in [0.4, 0.5) is 8.78 Å². The summed E-state index contributed by atoms with van der Waals surface area (Å²) in [6, 6.07) is 14.6. The van der Waals surface area contributed by atoms with E-state index in [0.717, 1.165) is 50.3 Å². The summed E-state index contributed by atoms with van der Waals surface area (Å²) in [5.41, 5.74) is 1.69. The predicted octanol–water partition coefficient (Wildman–Crippen LogP) is 3.20. The molecule has 1 saturated heterocycles. The fourth-order valence-electron chi connectivity index (χ4n) is 3.09. The van der Waals surface area contributed by atoms with Gasteiger partial charge in [0.15, 0.2) is 16.7 Å². The maximum Gasteiger partial charge on any atom is 0.169 e. The van der Waals surface area contributed by atoms with Crippen molar-refractivity contribution in [2.24, 2.45) is 0 Å². The molecule has 0 aromatic heterocycles. The number of thiocarbonyl (C=S) groups is 1. The standard InChI is InChI=1S/C20H23F2N3S/c21-18-8-4-7-17(19(18)22)15-24-11-13-25(14-12-24)20(26)23-10-9-16-5-2-1-3-6-16/h1-8H,9-15H2,(H,23,26). The number of hydrogen-bond donors (Lipinski definition) is 1. The number of nitrogens with zero attached hydrogens (tertiary/aromatic N) is 2. The van der Waals surface area contributed by atoms with E-state index >= 15 is 0 Å². The van der Waals surface area contributed by atoms with E-state index in [9.17, 15) is 8.78 Å². The first kappa shape index (κ1) is 18.7. The summed E-state index contributed by atoms with van der Waals surface area (Å²) < 4.78 is 27.1. The van der Waals surface area contributed by atoms with Crippen LogP contribution in [0.1, 0.15) is 11.1 Å². The first-order valence-corrected chi connectivity index (χ1v) is 9.26. The highest BCUT2D eigenvalue weighted by molar-refractivity contribution is 7.80. The molecule has 1 aliphatic rings. The molecule has 26 heavy (non-hydrogen) atoms. The average Bonchev–Trinajstić information content (AvgIpc) is 2.67. The molecule has 2 aromatic rings. The quantitative estimate of drug-likeness (QED) is 0.809. The Morgan fingerprint density at radius 2 is 1.69 bits per heavy atom. The topological polar surface area (TPSA) is 18.5 Å². The van der Waals surface area contributed by atoms with Gasteiger partial charge in [0, 0.05) is 44.8 Å². The maximum atomic E-state index is 13.8. The Morgan fingerprint density at radius 3 is 2.42 bits per heavy atom. The van der Waals surface area contributed by atoms with Gasteiger partial charge in [0.2, 0.25) is 0 Å². The van der Waals surface area contributed by atoms with Crippen LogP contribution in [0.2, 0.25) is 0 Å². The number of halogens is 2. The van der Waals surface area contributed by atoms with E-state index in [1.807, 2.05) is 18.2 Å². The van der Waals surface area contributed by atoms with Gasteiger partial charge in [-0.1, -0.05) is 42.5 Å². The van der Waals surface area contributed by atoms with Crippen LogP contribution < -0.4 is 5.32 Å². The molecule has 1 heterocycles. The normalized spacial score (nSPS) is 15.1. The Hall–Kier alpha value is -2.05. The van der Waals surface area contributed by atoms with Gasteiger partial charge in [-0.2, -0.15) is 0 Å². The Labute approximate surface area is 158 Å². The third kappa shape index (κ3) is 4.99. The Bertz CT molecular complexity index is 731. The zero-order valence-corrected chi connectivity index (χ0v) is 15.4. The minimum absolute atomic E-state index is 0.405. The first-order valence-electron chi connectivity index (χ1n) is 8.85. The molecule has 0 radical (unpaired) electrons. The van der Waals surface area contributed by atoms with Crippen LogP contribution in [-0.2, 0) is 13.0 Å². The van der Waals surface area contributed by atoms with E-state index in [1.54, 1.807) is 12.1 Å². The summed E-state index contributed by atoms with van der Waals surface area (Å²) >= 11 is 5.48. The third-order valence-corrected chi connectivity index (χ3v) is 5.02. The zero-order valence-electron chi connectivity index (χ0n) is 14.6. The SMILES string of the molecule is Fc1cccc(CN2CCN(C(=S)NCCc3ccccc3)CC2)c1F. The fraction of sp³-hybridized carbons (Fsp3) is 0.350. The molecule has 1 fully saturated rings. The first-order chi connectivity index (χ1) is 12.6. The summed E-state index contributed by atoms with van der Waals surface area (Å²) in [5, 5.41) is 4.07. The molecule has 0 amide bonds. The molecule has 3 rings (SSSR count). The largest absolute Gasteiger partial charge is 0.362 e. The third-order valence-electron chi connectivity index (χ3n) is 4.62. The molecule has 138 valence electrons. The lowest BCUT2D eigenvalue weighted by Crippen LogP contribution is -2.51. The Balaban J connectivity index is 1.41. The van der Waals surface area contributed by atoms with E-state index in [-0.39, 0.29) is 0 Å². The zero-order chi connectivity index (χ0) is 18.4. The van der Waals surface area contributed by atoms with Gasteiger partial charge in [0.1, 0.15) is 0 Å². The number of hydrogen-bond acceptors (Lipinski definition) is 2. The maximum absolute atomic E-state index is 13.8. The monoisotopic (exact) mass is 375 g/mol. The molecule has 1 aliphatic heterocycles. The van der Waals surface area contributed by atoms with Crippen LogP contribution in [0.15, 0.2) is 48.5 Å². The highest BCUT2D eigenvalue weighted by Crippen LogP contribution is 2.15. The molecule has 2 aromatic carbocycles. The van der Waals surface area contributed by atoms with Gasteiger partial charge < -0.3 is 10.2 Å². The molecular formula is C20H23F2N3S. The molecule has 0 unspecified atom stereocenters. The van der Waals surface area contributed by atoms with Crippen molar-refractivity contribution in [3.63, 3.8) is 0 Å². The van der Waals surface area contributed by atoms with Gasteiger partial charge in [0.25, 0.3) is 0 Å². The number of rotatable bonds is 5. The van der Waals surface area contributed by atoms with Crippen LogP contribution in [0.25, 0.3) is 0 Å². The smallest absolute Gasteiger partial charge is 0.169 e. The van der Waals surface area contributed by atoms with Gasteiger partial charge >= 0.3 is 0 Å². The molecule has 0 bridgehead atoms. The molecule has 3 nitrogen and oxygen atoms in total. The van der Waals surface area contributed by atoms with E-state index in [1.165, 1.54) is 5.56 Å². The van der Waals surface area contributed by atoms with E-state index in [0.29, 0.717) is 12.1 Å². The minimum atomic E-state index is -0.787. The molecule has 0 aliphatic carbocycles. The highest BCUT2D eigenvalue weighted by Gasteiger charge is 2.20. The molecule has 6 heteroatoms. The van der Waals surface area contributed by atoms with Crippen molar-refractivity contribution >= 4 is 17.3 Å². The number of piperazine rings is 1. The lowest BCUT2D eigenvalue weighted by molar-refractivity contribution is 0.172. The van der Waals surface area contributed by atoms with Crippen molar-refractivity contribution in [1.82, 2.24) is 15.1 Å². The van der Waals surface area contributed by atoms with Crippen molar-refractivity contribution in [2.75, 3.05) is 32.7 Å². The van der Waals surface area contributed by atoms with Crippen LogP contribution in [0.3, 0.4) is 0 Å². The Morgan fingerprint density at radius 1 is 0.962 bits per heavy atom. The highest BCUT2D eigenvalue weighted by atomic mass is 32.1. The van der Waals surface area contributed by atoms with Gasteiger partial charge in [-0.25, -0.2) is 8.78 Å². The second-order valence-corrected chi connectivity index (χ2v) is 6.83. The van der Waals surface area contributed by atoms with E-state index in [4.69, 9.17) is 12.2 Å². The predicted molar refractivity (Wildman–Crippen MR) is 104 cm³/mol. The molecule has 0 atom stereocenters. The number of nitrogens with one attached hydrogen (secondary N) is 1. The van der Waals surface area contributed by atoms with Gasteiger partial charge in [-0.05, 0) is 30.3 Å². The van der Waals surface area contributed by atoms with Crippen molar-refractivity contribution in [3.05, 3.63) is 71.3 Å². The lowest BCUT2D eigenvalue weighted by Gasteiger charge is -2.36. The van der Waals surface area contributed by atoms with Crippen LogP contribution in [-0.4, -0.2) is 47.6 Å². The molecular weight excluding hydrogens is 352 g/mol. The summed E-state index contributed by atoms with van der Waals surface area (Å²) in [6.07, 6.45) is 0.930. The van der Waals surface area contributed by atoms with Crippen LogP contribution in [0, 0.1) is 11.6 Å². The molecule has 0 spiro atoms. The summed E-state index contributed by atoms with van der Waals surface area (Å²) in [4.78, 5) is 4.26. The molecule has 0 saturated carbocycles. The number of benzene rings is 2. The van der Waals surface area contributed by atoms with Crippen molar-refractivity contribution < 1.29 is 8.78 Å². The molecule has 1 N–H and O–H groups in total. The van der Waals surface area contributed by atoms with Gasteiger partial charge in [0.05, 0.1) is 0 Å². The second kappa shape index (κ2) is 9.05. The van der Waals surface area contributed by atoms with E-state index in [2.05, 4.69) is 27.2 Å². The van der Waals surface area contributed by atoms with Crippen molar-refractivity contribution in [2.45, 2.75) is 13.0 Å². The summed E-state index contributed by atoms with van der Waals surface area (Å²) in [6.45, 7) is 4.35. The van der Waals surface area contributed by atoms with Crippen LogP contribution >= 0.6 is 12.2 Å². The average molecular weight is 375 g/mol.